The number of nitrogens with one attached hydrogen (secondary N) is 1. The fourth-order valence-corrected chi connectivity index (χ4v) is 2.71. The summed E-state index contributed by atoms with van der Waals surface area (Å²) >= 11 is 0. The molecule has 0 bridgehead atoms. The normalized spacial score (nSPS) is 11.8. The molecule has 0 radical (unpaired) electrons. The first-order chi connectivity index (χ1) is 12.3. The predicted octanol–water partition coefficient (Wildman–Crippen LogP) is 4.49. The molecular formula is C22H23N3O. The quantitative estimate of drug-likeness (QED) is 0.543. The van der Waals surface area contributed by atoms with Gasteiger partial charge in [0, 0.05) is 11.9 Å². The van der Waals surface area contributed by atoms with Crippen molar-refractivity contribution in [3.63, 3.8) is 0 Å². The molecule has 3 N–H and O–H groups in total. The molecule has 4 heteroatoms. The Morgan fingerprint density at radius 1 is 0.962 bits per heavy atom. The van der Waals surface area contributed by atoms with E-state index in [0.29, 0.717) is 5.56 Å². The van der Waals surface area contributed by atoms with Crippen LogP contribution in [0.3, 0.4) is 0 Å². The standard InChI is InChI=1S/C22H23N3O/c1-22(2,3)18-13-16(5-4-15-6-8-19(23)9-7-15)12-17(14-18)20-10-11-24-25-21(20)26/h4-14H,23H2,1-3H3,(H,25,26)/b5-4+. The lowest BCUT2D eigenvalue weighted by atomic mass is 9.84. The van der Waals surface area contributed by atoms with Crippen LogP contribution in [0.5, 0.6) is 0 Å². The molecule has 0 unspecified atom stereocenters. The fraction of sp³-hybridized carbons (Fsp3) is 0.182. The van der Waals surface area contributed by atoms with E-state index in [9.17, 15) is 4.79 Å². The van der Waals surface area contributed by atoms with Crippen LogP contribution in [-0.2, 0) is 5.41 Å². The smallest absolute Gasteiger partial charge is 0.272 e. The van der Waals surface area contributed by atoms with Gasteiger partial charge in [-0.3, -0.25) is 4.79 Å². The van der Waals surface area contributed by atoms with Crippen molar-refractivity contribution in [2.75, 3.05) is 5.73 Å². The second kappa shape index (κ2) is 7.00. The van der Waals surface area contributed by atoms with Gasteiger partial charge in [-0.05, 0) is 51.9 Å². The Morgan fingerprint density at radius 3 is 2.31 bits per heavy atom. The van der Waals surface area contributed by atoms with E-state index in [1.165, 1.54) is 5.56 Å². The van der Waals surface area contributed by atoms with Crippen LogP contribution in [0.4, 0.5) is 5.69 Å². The van der Waals surface area contributed by atoms with Crippen molar-refractivity contribution in [1.82, 2.24) is 10.2 Å². The first kappa shape index (κ1) is 17.7. The highest BCUT2D eigenvalue weighted by atomic mass is 16.1. The van der Waals surface area contributed by atoms with Gasteiger partial charge in [0.1, 0.15) is 0 Å². The number of rotatable bonds is 3. The largest absolute Gasteiger partial charge is 0.399 e. The zero-order valence-corrected chi connectivity index (χ0v) is 15.3. The fourth-order valence-electron chi connectivity index (χ4n) is 2.71. The summed E-state index contributed by atoms with van der Waals surface area (Å²) in [7, 11) is 0. The van der Waals surface area contributed by atoms with Crippen molar-refractivity contribution in [1.29, 1.82) is 0 Å². The van der Waals surface area contributed by atoms with E-state index in [2.05, 4.69) is 49.2 Å². The molecule has 0 saturated carbocycles. The third-order valence-corrected chi connectivity index (χ3v) is 4.26. The third-order valence-electron chi connectivity index (χ3n) is 4.26. The molecule has 4 nitrogen and oxygen atoms in total. The van der Waals surface area contributed by atoms with E-state index in [1.54, 1.807) is 12.3 Å². The molecule has 3 rings (SSSR count). The Bertz CT molecular complexity index is 993. The van der Waals surface area contributed by atoms with Gasteiger partial charge in [0.25, 0.3) is 5.56 Å². The van der Waals surface area contributed by atoms with E-state index in [4.69, 9.17) is 5.73 Å². The van der Waals surface area contributed by atoms with Crippen LogP contribution in [0.2, 0.25) is 0 Å². The molecular weight excluding hydrogens is 322 g/mol. The van der Waals surface area contributed by atoms with E-state index in [1.807, 2.05) is 36.4 Å². The van der Waals surface area contributed by atoms with Crippen LogP contribution < -0.4 is 11.3 Å². The summed E-state index contributed by atoms with van der Waals surface area (Å²) in [6.07, 6.45) is 5.70. The lowest BCUT2D eigenvalue weighted by molar-refractivity contribution is 0.590. The van der Waals surface area contributed by atoms with Gasteiger partial charge in [-0.15, -0.1) is 0 Å². The molecule has 0 spiro atoms. The Balaban J connectivity index is 2.07. The summed E-state index contributed by atoms with van der Waals surface area (Å²) in [4.78, 5) is 12.2. The molecule has 0 saturated heterocycles. The molecule has 3 aromatic rings. The second-order valence-corrected chi connectivity index (χ2v) is 7.39. The summed E-state index contributed by atoms with van der Waals surface area (Å²) in [5.74, 6) is 0. The van der Waals surface area contributed by atoms with Gasteiger partial charge >= 0.3 is 0 Å². The molecule has 132 valence electrons. The van der Waals surface area contributed by atoms with E-state index >= 15 is 0 Å². The Hall–Kier alpha value is -3.14. The number of nitrogen functional groups attached to an aromatic ring is 1. The maximum Gasteiger partial charge on any atom is 0.272 e. The summed E-state index contributed by atoms with van der Waals surface area (Å²) in [5.41, 5.74) is 11.1. The first-order valence-corrected chi connectivity index (χ1v) is 8.56. The van der Waals surface area contributed by atoms with Gasteiger partial charge in [-0.1, -0.05) is 57.2 Å². The number of nitrogens with zero attached hydrogens (tertiary/aromatic N) is 1. The summed E-state index contributed by atoms with van der Waals surface area (Å²) in [6.45, 7) is 6.49. The van der Waals surface area contributed by atoms with Gasteiger partial charge in [-0.25, -0.2) is 5.10 Å². The minimum absolute atomic E-state index is 0.0282. The van der Waals surface area contributed by atoms with Gasteiger partial charge in [0.2, 0.25) is 0 Å². The molecule has 2 aromatic carbocycles. The van der Waals surface area contributed by atoms with Gasteiger partial charge in [0.15, 0.2) is 0 Å². The maximum absolute atomic E-state index is 12.2. The molecule has 26 heavy (non-hydrogen) atoms. The minimum Gasteiger partial charge on any atom is -0.399 e. The highest BCUT2D eigenvalue weighted by Crippen LogP contribution is 2.29. The number of benzene rings is 2. The number of anilines is 1. The lowest BCUT2D eigenvalue weighted by Gasteiger charge is -2.21. The number of aromatic amines is 1. The highest BCUT2D eigenvalue weighted by Gasteiger charge is 2.16. The highest BCUT2D eigenvalue weighted by molar-refractivity contribution is 5.74. The summed E-state index contributed by atoms with van der Waals surface area (Å²) in [5, 5.41) is 6.29. The number of hydrogen-bond acceptors (Lipinski definition) is 3. The van der Waals surface area contributed by atoms with Crippen LogP contribution in [0.1, 0.15) is 37.5 Å². The molecule has 0 atom stereocenters. The summed E-state index contributed by atoms with van der Waals surface area (Å²) < 4.78 is 0. The number of hydrogen-bond donors (Lipinski definition) is 2. The SMILES string of the molecule is CC(C)(C)c1cc(/C=C/c2ccc(N)cc2)cc(-c2ccn[nH]c2=O)c1. The van der Waals surface area contributed by atoms with E-state index in [0.717, 1.165) is 22.4 Å². The van der Waals surface area contributed by atoms with Crippen molar-refractivity contribution in [3.05, 3.63) is 81.8 Å². The molecule has 0 fully saturated rings. The lowest BCUT2D eigenvalue weighted by Crippen LogP contribution is -2.13. The van der Waals surface area contributed by atoms with Crippen molar-refractivity contribution >= 4 is 17.8 Å². The third kappa shape index (κ3) is 4.09. The number of aromatic nitrogens is 2. The second-order valence-electron chi connectivity index (χ2n) is 7.39. The van der Waals surface area contributed by atoms with Gasteiger partial charge in [-0.2, -0.15) is 5.10 Å². The van der Waals surface area contributed by atoms with Crippen LogP contribution in [0.15, 0.2) is 59.5 Å². The predicted molar refractivity (Wildman–Crippen MR) is 109 cm³/mol. The van der Waals surface area contributed by atoms with E-state index < -0.39 is 0 Å². The molecule has 1 aromatic heterocycles. The van der Waals surface area contributed by atoms with Gasteiger partial charge < -0.3 is 5.73 Å². The zero-order valence-electron chi connectivity index (χ0n) is 15.3. The molecule has 1 heterocycles. The monoisotopic (exact) mass is 345 g/mol. The summed E-state index contributed by atoms with van der Waals surface area (Å²) in [6, 6.07) is 15.7. The molecule has 0 amide bonds. The Labute approximate surface area is 153 Å². The average molecular weight is 345 g/mol. The van der Waals surface area contributed by atoms with Gasteiger partial charge in [0.05, 0.1) is 5.56 Å². The first-order valence-electron chi connectivity index (χ1n) is 8.56. The van der Waals surface area contributed by atoms with Crippen molar-refractivity contribution in [2.45, 2.75) is 26.2 Å². The average Bonchev–Trinajstić information content (AvgIpc) is 2.61. The zero-order chi connectivity index (χ0) is 18.7. The number of H-pyrrole nitrogens is 1. The van der Waals surface area contributed by atoms with Crippen LogP contribution in [0.25, 0.3) is 23.3 Å². The molecule has 0 aliphatic heterocycles. The minimum atomic E-state index is -0.188. The molecule has 0 aliphatic rings. The van der Waals surface area contributed by atoms with Crippen LogP contribution in [0, 0.1) is 0 Å². The Kier molecular flexibility index (Phi) is 4.76. The maximum atomic E-state index is 12.2. The van der Waals surface area contributed by atoms with Crippen LogP contribution >= 0.6 is 0 Å². The van der Waals surface area contributed by atoms with Crippen molar-refractivity contribution < 1.29 is 0 Å². The van der Waals surface area contributed by atoms with Crippen LogP contribution in [-0.4, -0.2) is 10.2 Å². The van der Waals surface area contributed by atoms with Crippen molar-refractivity contribution in [2.24, 2.45) is 0 Å². The van der Waals surface area contributed by atoms with Crippen molar-refractivity contribution in [3.8, 4) is 11.1 Å². The number of nitrogens with two attached hydrogens (primary N) is 1. The molecule has 0 aliphatic carbocycles. The Morgan fingerprint density at radius 2 is 1.65 bits per heavy atom. The van der Waals surface area contributed by atoms with E-state index in [-0.39, 0.29) is 11.0 Å². The topological polar surface area (TPSA) is 71.8 Å².